The normalized spacial score (nSPS) is 16.9. The van der Waals surface area contributed by atoms with Crippen LogP contribution in [0.3, 0.4) is 0 Å². The molecule has 3 rings (SSSR count). The molecule has 0 spiro atoms. The molecule has 2 aromatic rings. The molecule has 0 unspecified atom stereocenters. The van der Waals surface area contributed by atoms with E-state index in [-0.39, 0.29) is 11.7 Å². The summed E-state index contributed by atoms with van der Waals surface area (Å²) in [5, 5.41) is 12.3. The van der Waals surface area contributed by atoms with Crippen molar-refractivity contribution in [2.45, 2.75) is 38.1 Å². The number of rotatable bonds is 2. The van der Waals surface area contributed by atoms with Gasteiger partial charge >= 0.3 is 6.04 Å². The van der Waals surface area contributed by atoms with Crippen molar-refractivity contribution in [1.82, 2.24) is 4.40 Å². The van der Waals surface area contributed by atoms with Crippen LogP contribution in [-0.4, -0.2) is 10.4 Å². The summed E-state index contributed by atoms with van der Waals surface area (Å²) in [5.41, 5.74) is 0.210. The average molecular weight is 262 g/mol. The van der Waals surface area contributed by atoms with Crippen LogP contribution in [0.5, 0.6) is 5.88 Å². The topological polar surface area (TPSA) is 48.4 Å². The maximum absolute atomic E-state index is 13.1. The Morgan fingerprint density at radius 2 is 2.05 bits per heavy atom. The van der Waals surface area contributed by atoms with Crippen LogP contribution in [0.2, 0.25) is 0 Å². The lowest BCUT2D eigenvalue weighted by molar-refractivity contribution is -0.737. The van der Waals surface area contributed by atoms with Crippen molar-refractivity contribution in [3.05, 3.63) is 30.1 Å². The number of hydrogen-bond acceptors (Lipinski definition) is 2. The number of nitrogens with zero attached hydrogens (tertiary/aromatic N) is 2. The van der Waals surface area contributed by atoms with Crippen molar-refractivity contribution < 1.29 is 18.9 Å². The molecule has 5 heteroatoms. The molecule has 19 heavy (non-hydrogen) atoms. The predicted octanol–water partition coefficient (Wildman–Crippen LogP) is 1.92. The van der Waals surface area contributed by atoms with E-state index in [4.69, 9.17) is 0 Å². The van der Waals surface area contributed by atoms with Crippen LogP contribution in [0.4, 0.5) is 4.39 Å². The molecule has 0 N–H and O–H groups in total. The van der Waals surface area contributed by atoms with Gasteiger partial charge in [-0.1, -0.05) is 12.5 Å². The first-order valence-corrected chi connectivity index (χ1v) is 6.61. The van der Waals surface area contributed by atoms with Crippen LogP contribution in [0.1, 0.15) is 48.6 Å². The molecule has 0 amide bonds. The highest BCUT2D eigenvalue weighted by molar-refractivity contribution is 5.89. The summed E-state index contributed by atoms with van der Waals surface area (Å²) in [6.07, 6.45) is 6.69. The molecule has 1 aliphatic carbocycles. The van der Waals surface area contributed by atoms with Gasteiger partial charge in [0.2, 0.25) is 5.69 Å². The largest absolute Gasteiger partial charge is 0.839 e. The Bertz CT molecular complexity index is 630. The van der Waals surface area contributed by atoms with E-state index in [9.17, 15) is 14.3 Å². The average Bonchev–Trinajstić information content (AvgIpc) is 2.71. The minimum absolute atomic E-state index is 0.0757. The molecule has 0 aliphatic heterocycles. The lowest BCUT2D eigenvalue weighted by Crippen LogP contribution is -2.42. The van der Waals surface area contributed by atoms with E-state index in [1.165, 1.54) is 10.8 Å². The predicted molar refractivity (Wildman–Crippen MR) is 64.6 cm³/mol. The lowest BCUT2D eigenvalue weighted by atomic mass is 9.95. The first kappa shape index (κ1) is 12.1. The van der Waals surface area contributed by atoms with Gasteiger partial charge in [0.05, 0.1) is 6.20 Å². The first-order chi connectivity index (χ1) is 9.20. The molecule has 0 atom stereocenters. The van der Waals surface area contributed by atoms with Crippen molar-refractivity contribution in [2.24, 2.45) is 0 Å². The van der Waals surface area contributed by atoms with Gasteiger partial charge in [-0.2, -0.15) is 8.79 Å². The minimum Gasteiger partial charge on any atom is -0.839 e. The van der Waals surface area contributed by atoms with Gasteiger partial charge in [-0.25, -0.2) is 4.57 Å². The van der Waals surface area contributed by atoms with Gasteiger partial charge < -0.3 is 5.11 Å². The molecule has 0 bridgehead atoms. The number of aromatic nitrogens is 2. The fourth-order valence-corrected chi connectivity index (χ4v) is 3.01. The summed E-state index contributed by atoms with van der Waals surface area (Å²) in [7, 11) is 0. The summed E-state index contributed by atoms with van der Waals surface area (Å²) < 4.78 is 16.1. The van der Waals surface area contributed by atoms with Crippen molar-refractivity contribution >= 4 is 11.7 Å². The maximum atomic E-state index is 13.1. The number of imidazole rings is 1. The second-order valence-electron chi connectivity index (χ2n) is 5.02. The third-order valence-corrected chi connectivity index (χ3v) is 3.87. The smallest absolute Gasteiger partial charge is 0.374 e. The van der Waals surface area contributed by atoms with Gasteiger partial charge in [-0.05, 0) is 31.7 Å². The Kier molecular flexibility index (Phi) is 2.97. The van der Waals surface area contributed by atoms with E-state index in [2.05, 4.69) is 0 Å². The van der Waals surface area contributed by atoms with Gasteiger partial charge in [0.15, 0.2) is 0 Å². The van der Waals surface area contributed by atoms with Crippen LogP contribution in [0, 0.1) is 0 Å². The van der Waals surface area contributed by atoms with E-state index in [0.29, 0.717) is 5.65 Å². The number of hydrogen-bond donors (Lipinski definition) is 0. The summed E-state index contributed by atoms with van der Waals surface area (Å²) in [6, 6.07) is 3.64. The zero-order valence-electron chi connectivity index (χ0n) is 10.5. The number of carbonyl (C=O) groups is 1. The SMILES string of the molecule is O=C(F)c1c([O-])[n+](C2CCCCC2)c2ccccn12. The molecule has 1 aliphatic rings. The van der Waals surface area contributed by atoms with E-state index >= 15 is 0 Å². The van der Waals surface area contributed by atoms with Crippen LogP contribution < -0.4 is 9.67 Å². The van der Waals surface area contributed by atoms with Gasteiger partial charge in [-0.15, -0.1) is 0 Å². The molecule has 2 heterocycles. The summed E-state index contributed by atoms with van der Waals surface area (Å²) >= 11 is 0. The fraction of sp³-hybridized carbons (Fsp3) is 0.429. The van der Waals surface area contributed by atoms with E-state index in [1.54, 1.807) is 29.0 Å². The Hall–Kier alpha value is -1.91. The Balaban J connectivity index is 2.23. The number of halogens is 1. The van der Waals surface area contributed by atoms with E-state index in [0.717, 1.165) is 25.7 Å². The van der Waals surface area contributed by atoms with Crippen LogP contribution >= 0.6 is 0 Å². The molecule has 1 saturated carbocycles. The third kappa shape index (κ3) is 1.89. The minimum atomic E-state index is -1.67. The molecule has 0 radical (unpaired) electrons. The van der Waals surface area contributed by atoms with Crippen LogP contribution in [-0.2, 0) is 0 Å². The molecule has 2 aromatic heterocycles. The molecule has 0 saturated heterocycles. The zero-order valence-corrected chi connectivity index (χ0v) is 10.5. The second-order valence-corrected chi connectivity index (χ2v) is 5.02. The van der Waals surface area contributed by atoms with Gasteiger partial charge in [0.1, 0.15) is 11.9 Å². The number of carbonyl (C=O) groups excluding carboxylic acids is 1. The highest BCUT2D eigenvalue weighted by Gasteiger charge is 2.30. The van der Waals surface area contributed by atoms with E-state index in [1.807, 2.05) is 0 Å². The Labute approximate surface area is 110 Å². The monoisotopic (exact) mass is 262 g/mol. The van der Waals surface area contributed by atoms with Gasteiger partial charge in [-0.3, -0.25) is 4.79 Å². The summed E-state index contributed by atoms with van der Waals surface area (Å²) in [5.74, 6) is -0.509. The second kappa shape index (κ2) is 4.64. The van der Waals surface area contributed by atoms with Crippen LogP contribution in [0.15, 0.2) is 24.4 Å². The lowest BCUT2D eigenvalue weighted by Gasteiger charge is -2.21. The van der Waals surface area contributed by atoms with E-state index < -0.39 is 11.9 Å². The van der Waals surface area contributed by atoms with Crippen molar-refractivity contribution in [2.75, 3.05) is 0 Å². The molecular formula is C14H15FN2O2. The quantitative estimate of drug-likeness (QED) is 0.613. The molecule has 4 nitrogen and oxygen atoms in total. The molecule has 1 fully saturated rings. The standard InChI is InChI=1S/C14H15FN2O2/c15-13(18)12-14(19)17(10-6-2-1-3-7-10)11-8-4-5-9-16(11)12/h4-5,8-10H,1-3,6-7H2. The molecule has 100 valence electrons. The number of pyridine rings is 1. The Morgan fingerprint density at radius 1 is 1.32 bits per heavy atom. The zero-order chi connectivity index (χ0) is 13.4. The summed E-state index contributed by atoms with van der Waals surface area (Å²) in [4.78, 5) is 11.1. The first-order valence-electron chi connectivity index (χ1n) is 6.61. The highest BCUT2D eigenvalue weighted by Crippen LogP contribution is 2.28. The van der Waals surface area contributed by atoms with Gasteiger partial charge in [0, 0.05) is 6.07 Å². The molecular weight excluding hydrogens is 247 g/mol. The van der Waals surface area contributed by atoms with Crippen molar-refractivity contribution in [3.63, 3.8) is 0 Å². The van der Waals surface area contributed by atoms with Crippen molar-refractivity contribution in [1.29, 1.82) is 0 Å². The maximum Gasteiger partial charge on any atom is 0.374 e. The van der Waals surface area contributed by atoms with Crippen LogP contribution in [0.25, 0.3) is 5.65 Å². The fourth-order valence-electron chi connectivity index (χ4n) is 3.01. The molecule has 0 aromatic carbocycles. The van der Waals surface area contributed by atoms with Gasteiger partial charge in [0.25, 0.3) is 5.65 Å². The van der Waals surface area contributed by atoms with Crippen molar-refractivity contribution in [3.8, 4) is 5.88 Å². The Morgan fingerprint density at radius 3 is 2.74 bits per heavy atom. The number of fused-ring (bicyclic) bond motifs is 1. The highest BCUT2D eigenvalue weighted by atomic mass is 19.1. The summed E-state index contributed by atoms with van der Waals surface area (Å²) in [6.45, 7) is 0. The third-order valence-electron chi connectivity index (χ3n) is 3.87.